The van der Waals surface area contributed by atoms with Crippen LogP contribution in [0.3, 0.4) is 0 Å². The summed E-state index contributed by atoms with van der Waals surface area (Å²) in [5, 5.41) is 17.0. The topological polar surface area (TPSA) is 77.4 Å². The SMILES string of the molecule is OC1COCOC1.OCC1COCO1. The number of aliphatic hydroxyl groups is 2. The van der Waals surface area contributed by atoms with Gasteiger partial charge in [0.05, 0.1) is 26.4 Å². The second kappa shape index (κ2) is 7.10. The molecule has 2 saturated heterocycles. The van der Waals surface area contributed by atoms with Gasteiger partial charge in [0.2, 0.25) is 0 Å². The summed E-state index contributed by atoms with van der Waals surface area (Å²) >= 11 is 0. The van der Waals surface area contributed by atoms with E-state index in [1.807, 2.05) is 0 Å². The Labute approximate surface area is 82.3 Å². The van der Waals surface area contributed by atoms with Gasteiger partial charge in [0.25, 0.3) is 0 Å². The Hall–Kier alpha value is -0.240. The van der Waals surface area contributed by atoms with Crippen LogP contribution in [0.2, 0.25) is 0 Å². The summed E-state index contributed by atoms with van der Waals surface area (Å²) in [6.07, 6.45) is -0.478. The summed E-state index contributed by atoms with van der Waals surface area (Å²) in [5.74, 6) is 0. The smallest absolute Gasteiger partial charge is 0.147 e. The van der Waals surface area contributed by atoms with Crippen molar-refractivity contribution in [3.05, 3.63) is 0 Å². The standard InChI is InChI=1S/2C4H8O3/c5-4-1-6-3-7-2-4;5-1-4-2-6-3-7-4/h2*4-5H,1-3H2. The van der Waals surface area contributed by atoms with Crippen LogP contribution in [-0.4, -0.2) is 62.4 Å². The Morgan fingerprint density at radius 1 is 1.00 bits per heavy atom. The Kier molecular flexibility index (Phi) is 6.00. The van der Waals surface area contributed by atoms with Crippen molar-refractivity contribution in [3.8, 4) is 0 Å². The van der Waals surface area contributed by atoms with Crippen LogP contribution in [0.4, 0.5) is 0 Å². The summed E-state index contributed by atoms with van der Waals surface area (Å²) in [5.41, 5.74) is 0. The van der Waals surface area contributed by atoms with Crippen molar-refractivity contribution < 1.29 is 29.2 Å². The fraction of sp³-hybridized carbons (Fsp3) is 1.00. The minimum atomic E-state index is -0.409. The molecule has 2 rings (SSSR count). The fourth-order valence-corrected chi connectivity index (χ4v) is 0.953. The van der Waals surface area contributed by atoms with Gasteiger partial charge in [0, 0.05) is 0 Å². The predicted octanol–water partition coefficient (Wildman–Crippen LogP) is -1.30. The van der Waals surface area contributed by atoms with Crippen LogP contribution < -0.4 is 0 Å². The zero-order valence-electron chi connectivity index (χ0n) is 7.92. The van der Waals surface area contributed by atoms with Gasteiger partial charge in [-0.15, -0.1) is 0 Å². The van der Waals surface area contributed by atoms with Crippen molar-refractivity contribution in [1.29, 1.82) is 0 Å². The molecule has 0 aromatic carbocycles. The third-order valence-electron chi connectivity index (χ3n) is 1.68. The molecule has 6 nitrogen and oxygen atoms in total. The lowest BCUT2D eigenvalue weighted by Crippen LogP contribution is -2.28. The predicted molar refractivity (Wildman–Crippen MR) is 45.6 cm³/mol. The van der Waals surface area contributed by atoms with E-state index in [-0.39, 0.29) is 12.7 Å². The van der Waals surface area contributed by atoms with Crippen LogP contribution in [-0.2, 0) is 18.9 Å². The molecule has 2 heterocycles. The first-order valence-corrected chi connectivity index (χ1v) is 4.46. The van der Waals surface area contributed by atoms with Crippen LogP contribution in [0.1, 0.15) is 0 Å². The van der Waals surface area contributed by atoms with Crippen LogP contribution in [0.5, 0.6) is 0 Å². The zero-order valence-corrected chi connectivity index (χ0v) is 7.92. The minimum absolute atomic E-state index is 0.0694. The second-order valence-corrected chi connectivity index (χ2v) is 2.97. The Morgan fingerprint density at radius 2 is 1.64 bits per heavy atom. The maximum absolute atomic E-state index is 8.66. The summed E-state index contributed by atoms with van der Waals surface area (Å²) in [6, 6.07) is 0. The zero-order chi connectivity index (χ0) is 10.2. The molecule has 0 bridgehead atoms. The fourth-order valence-electron chi connectivity index (χ4n) is 0.953. The van der Waals surface area contributed by atoms with Crippen molar-refractivity contribution in [2.75, 3.05) is 40.0 Å². The molecule has 0 aliphatic carbocycles. The number of hydrogen-bond acceptors (Lipinski definition) is 6. The van der Waals surface area contributed by atoms with Crippen LogP contribution in [0.15, 0.2) is 0 Å². The first-order chi connectivity index (χ1) is 6.83. The Balaban J connectivity index is 0.000000140. The molecule has 14 heavy (non-hydrogen) atoms. The number of aliphatic hydroxyl groups excluding tert-OH is 2. The maximum Gasteiger partial charge on any atom is 0.147 e. The highest BCUT2D eigenvalue weighted by atomic mass is 16.7. The van der Waals surface area contributed by atoms with Crippen LogP contribution >= 0.6 is 0 Å². The van der Waals surface area contributed by atoms with E-state index in [2.05, 4.69) is 0 Å². The van der Waals surface area contributed by atoms with Gasteiger partial charge in [-0.1, -0.05) is 0 Å². The van der Waals surface area contributed by atoms with E-state index in [0.29, 0.717) is 33.4 Å². The summed E-state index contributed by atoms with van der Waals surface area (Å²) in [4.78, 5) is 0. The molecule has 6 heteroatoms. The van der Waals surface area contributed by atoms with Crippen molar-refractivity contribution in [1.82, 2.24) is 0 Å². The molecule has 2 N–H and O–H groups in total. The van der Waals surface area contributed by atoms with Crippen LogP contribution in [0, 0.1) is 0 Å². The molecule has 0 amide bonds. The van der Waals surface area contributed by atoms with Crippen molar-refractivity contribution in [2.45, 2.75) is 12.2 Å². The number of ether oxygens (including phenoxy) is 4. The molecule has 2 fully saturated rings. The van der Waals surface area contributed by atoms with Gasteiger partial charge in [-0.25, -0.2) is 0 Å². The summed E-state index contributed by atoms with van der Waals surface area (Å²) in [7, 11) is 0. The van der Waals surface area contributed by atoms with E-state index in [1.165, 1.54) is 0 Å². The molecule has 1 atom stereocenters. The molecule has 84 valence electrons. The van der Waals surface area contributed by atoms with Gasteiger partial charge in [0.15, 0.2) is 0 Å². The van der Waals surface area contributed by atoms with Gasteiger partial charge >= 0.3 is 0 Å². The van der Waals surface area contributed by atoms with Gasteiger partial charge < -0.3 is 29.2 Å². The normalized spacial score (nSPS) is 28.3. The maximum atomic E-state index is 8.66. The lowest BCUT2D eigenvalue weighted by atomic mass is 10.4. The number of hydrogen-bond donors (Lipinski definition) is 2. The average Bonchev–Trinajstić information content (AvgIpc) is 2.72. The highest BCUT2D eigenvalue weighted by Crippen LogP contribution is 1.99. The van der Waals surface area contributed by atoms with E-state index in [4.69, 9.17) is 29.2 Å². The Morgan fingerprint density at radius 3 is 1.93 bits per heavy atom. The van der Waals surface area contributed by atoms with E-state index in [0.717, 1.165) is 0 Å². The molecule has 2 aliphatic rings. The molecule has 2 aliphatic heterocycles. The molecule has 0 spiro atoms. The second-order valence-electron chi connectivity index (χ2n) is 2.97. The van der Waals surface area contributed by atoms with E-state index in [1.54, 1.807) is 0 Å². The molecule has 0 aromatic rings. The third-order valence-corrected chi connectivity index (χ3v) is 1.68. The summed E-state index contributed by atoms with van der Waals surface area (Å²) < 4.78 is 19.0. The molecular weight excluding hydrogens is 192 g/mol. The molecular formula is C8H16O6. The first kappa shape index (κ1) is 11.8. The first-order valence-electron chi connectivity index (χ1n) is 4.46. The van der Waals surface area contributed by atoms with Gasteiger partial charge in [0.1, 0.15) is 25.8 Å². The lowest BCUT2D eigenvalue weighted by Gasteiger charge is -2.16. The Bertz CT molecular complexity index is 130. The number of rotatable bonds is 1. The third kappa shape index (κ3) is 4.85. The largest absolute Gasteiger partial charge is 0.394 e. The minimum Gasteiger partial charge on any atom is -0.394 e. The molecule has 1 unspecified atom stereocenters. The van der Waals surface area contributed by atoms with E-state index in [9.17, 15) is 0 Å². The van der Waals surface area contributed by atoms with Gasteiger partial charge in [-0.2, -0.15) is 0 Å². The molecule has 0 aromatic heterocycles. The van der Waals surface area contributed by atoms with Crippen molar-refractivity contribution in [3.63, 3.8) is 0 Å². The van der Waals surface area contributed by atoms with Gasteiger partial charge in [-0.3, -0.25) is 0 Å². The van der Waals surface area contributed by atoms with E-state index >= 15 is 0 Å². The highest BCUT2D eigenvalue weighted by Gasteiger charge is 2.13. The summed E-state index contributed by atoms with van der Waals surface area (Å²) in [6.45, 7) is 2.11. The van der Waals surface area contributed by atoms with Crippen LogP contribution in [0.25, 0.3) is 0 Å². The monoisotopic (exact) mass is 208 g/mol. The molecule has 0 radical (unpaired) electrons. The molecule has 0 saturated carbocycles. The van der Waals surface area contributed by atoms with E-state index < -0.39 is 6.10 Å². The lowest BCUT2D eigenvalue weighted by molar-refractivity contribution is -0.150. The average molecular weight is 208 g/mol. The quantitative estimate of drug-likeness (QED) is 0.558. The van der Waals surface area contributed by atoms with Crippen molar-refractivity contribution in [2.24, 2.45) is 0 Å². The van der Waals surface area contributed by atoms with Gasteiger partial charge in [-0.05, 0) is 0 Å². The highest BCUT2D eigenvalue weighted by molar-refractivity contribution is 4.55. The van der Waals surface area contributed by atoms with Crippen molar-refractivity contribution >= 4 is 0 Å².